The van der Waals surface area contributed by atoms with E-state index in [1.807, 2.05) is 44.2 Å². The summed E-state index contributed by atoms with van der Waals surface area (Å²) in [6.07, 6.45) is 1.65. The fourth-order valence-electron chi connectivity index (χ4n) is 2.66. The summed E-state index contributed by atoms with van der Waals surface area (Å²) in [5, 5.41) is 3.31. The molecule has 0 spiro atoms. The highest BCUT2D eigenvalue weighted by Gasteiger charge is 2.22. The summed E-state index contributed by atoms with van der Waals surface area (Å²) in [5.74, 6) is -0.796. The van der Waals surface area contributed by atoms with Crippen molar-refractivity contribution in [3.05, 3.63) is 59.7 Å². The normalized spacial score (nSPS) is 12.0. The number of hydrogen-bond acceptors (Lipinski definition) is 4. The SMILES string of the molecule is Cc1ncn([C@@H](C)C(=O)Nc2sc(-c3ccccc3)cc2C(N)=O)c1C. The second-order valence-corrected chi connectivity index (χ2v) is 7.12. The number of benzene rings is 1. The zero-order valence-electron chi connectivity index (χ0n) is 14.8. The maximum absolute atomic E-state index is 12.7. The van der Waals surface area contributed by atoms with Gasteiger partial charge in [0.25, 0.3) is 5.91 Å². The number of primary amides is 1. The highest BCUT2D eigenvalue weighted by molar-refractivity contribution is 7.20. The smallest absolute Gasteiger partial charge is 0.251 e. The van der Waals surface area contributed by atoms with Crippen LogP contribution in [0.5, 0.6) is 0 Å². The second-order valence-electron chi connectivity index (χ2n) is 6.07. The number of nitrogens with two attached hydrogens (primary N) is 1. The van der Waals surface area contributed by atoms with E-state index in [1.165, 1.54) is 11.3 Å². The molecule has 0 saturated heterocycles. The van der Waals surface area contributed by atoms with E-state index in [1.54, 1.807) is 23.9 Å². The third-order valence-corrected chi connectivity index (χ3v) is 5.48. The van der Waals surface area contributed by atoms with Crippen molar-refractivity contribution in [2.45, 2.75) is 26.8 Å². The van der Waals surface area contributed by atoms with Gasteiger partial charge in [-0.1, -0.05) is 30.3 Å². The van der Waals surface area contributed by atoms with E-state index in [0.717, 1.165) is 21.8 Å². The molecule has 3 rings (SSSR count). The summed E-state index contributed by atoms with van der Waals surface area (Å²) < 4.78 is 1.81. The molecule has 0 radical (unpaired) electrons. The molecule has 134 valence electrons. The molecule has 3 N–H and O–H groups in total. The molecular formula is C19H20N4O2S. The number of carbonyl (C=O) groups is 2. The number of carbonyl (C=O) groups excluding carboxylic acids is 2. The number of rotatable bonds is 5. The van der Waals surface area contributed by atoms with Crippen LogP contribution in [0, 0.1) is 13.8 Å². The number of nitrogens with one attached hydrogen (secondary N) is 1. The third-order valence-electron chi connectivity index (χ3n) is 4.38. The highest BCUT2D eigenvalue weighted by atomic mass is 32.1. The van der Waals surface area contributed by atoms with E-state index in [0.29, 0.717) is 10.6 Å². The van der Waals surface area contributed by atoms with Crippen LogP contribution in [0.2, 0.25) is 0 Å². The molecule has 0 bridgehead atoms. The van der Waals surface area contributed by atoms with Gasteiger partial charge in [-0.15, -0.1) is 11.3 Å². The number of amides is 2. The molecular weight excluding hydrogens is 348 g/mol. The van der Waals surface area contributed by atoms with Crippen LogP contribution in [0.25, 0.3) is 10.4 Å². The highest BCUT2D eigenvalue weighted by Crippen LogP contribution is 2.35. The quantitative estimate of drug-likeness (QED) is 0.722. The maximum atomic E-state index is 12.7. The van der Waals surface area contributed by atoms with Crippen LogP contribution in [-0.4, -0.2) is 21.4 Å². The van der Waals surface area contributed by atoms with E-state index < -0.39 is 11.9 Å². The average Bonchev–Trinajstić information content (AvgIpc) is 3.19. The first-order valence-electron chi connectivity index (χ1n) is 8.18. The van der Waals surface area contributed by atoms with Gasteiger partial charge in [-0.05, 0) is 32.4 Å². The van der Waals surface area contributed by atoms with Crippen molar-refractivity contribution in [1.82, 2.24) is 9.55 Å². The largest absolute Gasteiger partial charge is 0.366 e. The van der Waals surface area contributed by atoms with Crippen molar-refractivity contribution < 1.29 is 9.59 Å². The Morgan fingerprint density at radius 1 is 1.23 bits per heavy atom. The van der Waals surface area contributed by atoms with Crippen molar-refractivity contribution in [2.24, 2.45) is 5.73 Å². The predicted molar refractivity (Wildman–Crippen MR) is 103 cm³/mol. The van der Waals surface area contributed by atoms with E-state index in [-0.39, 0.29) is 5.91 Å². The van der Waals surface area contributed by atoms with Crippen LogP contribution in [0.4, 0.5) is 5.00 Å². The fourth-order valence-corrected chi connectivity index (χ4v) is 3.73. The van der Waals surface area contributed by atoms with Gasteiger partial charge in [0.05, 0.1) is 17.6 Å². The van der Waals surface area contributed by atoms with Crippen molar-refractivity contribution in [1.29, 1.82) is 0 Å². The monoisotopic (exact) mass is 368 g/mol. The fraction of sp³-hybridized carbons (Fsp3) is 0.211. The van der Waals surface area contributed by atoms with E-state index in [2.05, 4.69) is 10.3 Å². The molecule has 0 saturated carbocycles. The van der Waals surface area contributed by atoms with Gasteiger partial charge in [-0.2, -0.15) is 0 Å². The number of anilines is 1. The Hall–Kier alpha value is -2.93. The lowest BCUT2D eigenvalue weighted by atomic mass is 10.1. The number of imidazole rings is 1. The molecule has 0 aliphatic heterocycles. The summed E-state index contributed by atoms with van der Waals surface area (Å²) in [6, 6.07) is 10.9. The van der Waals surface area contributed by atoms with E-state index >= 15 is 0 Å². The van der Waals surface area contributed by atoms with Crippen molar-refractivity contribution >= 4 is 28.2 Å². The average molecular weight is 368 g/mol. The third kappa shape index (κ3) is 3.39. The molecule has 0 aliphatic rings. The minimum absolute atomic E-state index is 0.227. The van der Waals surface area contributed by atoms with Gasteiger partial charge in [0, 0.05) is 10.6 Å². The van der Waals surface area contributed by atoms with Crippen LogP contribution < -0.4 is 11.1 Å². The Bertz CT molecular complexity index is 959. The van der Waals surface area contributed by atoms with Crippen LogP contribution in [-0.2, 0) is 4.79 Å². The molecule has 0 aliphatic carbocycles. The lowest BCUT2D eigenvalue weighted by molar-refractivity contribution is -0.118. The Kier molecular flexibility index (Phi) is 4.90. The minimum Gasteiger partial charge on any atom is -0.366 e. The molecule has 0 unspecified atom stereocenters. The van der Waals surface area contributed by atoms with Crippen molar-refractivity contribution in [3.63, 3.8) is 0 Å². The molecule has 6 nitrogen and oxygen atoms in total. The Morgan fingerprint density at radius 2 is 1.92 bits per heavy atom. The first kappa shape index (κ1) is 17.9. The minimum atomic E-state index is -0.568. The summed E-state index contributed by atoms with van der Waals surface area (Å²) in [5.41, 5.74) is 8.59. The molecule has 2 aromatic heterocycles. The zero-order chi connectivity index (χ0) is 18.8. The molecule has 1 atom stereocenters. The number of aromatic nitrogens is 2. The van der Waals surface area contributed by atoms with Crippen molar-refractivity contribution in [2.75, 3.05) is 5.32 Å². The van der Waals surface area contributed by atoms with Crippen LogP contribution in [0.15, 0.2) is 42.7 Å². The predicted octanol–water partition coefficient (Wildman–Crippen LogP) is 3.53. The Labute approximate surface area is 155 Å². The summed E-state index contributed by atoms with van der Waals surface area (Å²) in [6.45, 7) is 5.60. The molecule has 2 heterocycles. The summed E-state index contributed by atoms with van der Waals surface area (Å²) in [7, 11) is 0. The van der Waals surface area contributed by atoms with Gasteiger partial charge in [0.1, 0.15) is 11.0 Å². The van der Waals surface area contributed by atoms with Gasteiger partial charge in [-0.3, -0.25) is 9.59 Å². The zero-order valence-corrected chi connectivity index (χ0v) is 15.6. The van der Waals surface area contributed by atoms with Crippen LogP contribution in [0.1, 0.15) is 34.7 Å². The molecule has 0 fully saturated rings. The van der Waals surface area contributed by atoms with Gasteiger partial charge >= 0.3 is 0 Å². The van der Waals surface area contributed by atoms with Crippen LogP contribution in [0.3, 0.4) is 0 Å². The molecule has 26 heavy (non-hydrogen) atoms. The lowest BCUT2D eigenvalue weighted by Gasteiger charge is -2.15. The second kappa shape index (κ2) is 7.13. The topological polar surface area (TPSA) is 90.0 Å². The number of hydrogen-bond donors (Lipinski definition) is 2. The van der Waals surface area contributed by atoms with Gasteiger partial charge < -0.3 is 15.6 Å². The Morgan fingerprint density at radius 3 is 2.50 bits per heavy atom. The molecule has 7 heteroatoms. The lowest BCUT2D eigenvalue weighted by Crippen LogP contribution is -2.25. The van der Waals surface area contributed by atoms with Gasteiger partial charge in [0.2, 0.25) is 5.91 Å². The van der Waals surface area contributed by atoms with Crippen molar-refractivity contribution in [3.8, 4) is 10.4 Å². The Balaban J connectivity index is 1.89. The number of nitrogens with zero attached hydrogens (tertiary/aromatic N) is 2. The first-order valence-corrected chi connectivity index (χ1v) is 9.00. The van der Waals surface area contributed by atoms with Crippen LogP contribution >= 0.6 is 11.3 Å². The van der Waals surface area contributed by atoms with E-state index in [4.69, 9.17) is 5.73 Å². The first-order chi connectivity index (χ1) is 12.4. The number of aryl methyl sites for hydroxylation is 1. The summed E-state index contributed by atoms with van der Waals surface area (Å²) >= 11 is 1.33. The number of thiophene rings is 1. The molecule has 2 amide bonds. The van der Waals surface area contributed by atoms with Gasteiger partial charge in [-0.25, -0.2) is 4.98 Å². The van der Waals surface area contributed by atoms with E-state index in [9.17, 15) is 9.59 Å². The molecule has 1 aromatic carbocycles. The summed E-state index contributed by atoms with van der Waals surface area (Å²) in [4.78, 5) is 29.6. The maximum Gasteiger partial charge on any atom is 0.251 e. The molecule has 3 aromatic rings. The van der Waals surface area contributed by atoms with Gasteiger partial charge in [0.15, 0.2) is 0 Å². The standard InChI is InChI=1S/C19H20N4O2S/c1-11-12(2)23(10-21-11)13(3)18(25)22-19-15(17(20)24)9-16(26-19)14-7-5-4-6-8-14/h4-10,13H,1-3H3,(H2,20,24)(H,22,25)/t13-/m0/s1.